The van der Waals surface area contributed by atoms with E-state index in [1.807, 2.05) is 12.1 Å². The van der Waals surface area contributed by atoms with Crippen LogP contribution in [-0.2, 0) is 0 Å². The van der Waals surface area contributed by atoms with E-state index in [1.165, 1.54) is 11.1 Å². The Morgan fingerprint density at radius 3 is 2.51 bits per heavy atom. The molecule has 3 aromatic rings. The van der Waals surface area contributed by atoms with Crippen LogP contribution in [0.25, 0.3) is 0 Å². The van der Waals surface area contributed by atoms with Crippen LogP contribution in [0.15, 0.2) is 76.3 Å². The second-order valence-corrected chi connectivity index (χ2v) is 10.5. The highest BCUT2D eigenvalue weighted by molar-refractivity contribution is 9.10. The Balaban J connectivity index is 1.37. The fraction of sp³-hybridized carbons (Fsp3) is 0.345. The van der Waals surface area contributed by atoms with E-state index in [1.54, 1.807) is 14.2 Å². The molecule has 1 aliphatic carbocycles. The molecule has 0 amide bonds. The molecule has 3 aliphatic rings. The molecule has 0 saturated heterocycles. The smallest absolute Gasteiger partial charge is 0.198 e. The van der Waals surface area contributed by atoms with Crippen molar-refractivity contribution in [3.8, 4) is 17.2 Å². The lowest BCUT2D eigenvalue weighted by Gasteiger charge is -2.50. The fourth-order valence-corrected chi connectivity index (χ4v) is 6.29. The van der Waals surface area contributed by atoms with Crippen molar-refractivity contribution in [3.05, 3.63) is 87.9 Å². The Morgan fingerprint density at radius 1 is 0.971 bits per heavy atom. The van der Waals surface area contributed by atoms with E-state index in [2.05, 4.69) is 75.5 Å². The van der Waals surface area contributed by atoms with Crippen molar-refractivity contribution in [2.75, 3.05) is 14.2 Å². The van der Waals surface area contributed by atoms with Crippen molar-refractivity contribution < 1.29 is 14.2 Å². The first kappa shape index (κ1) is 22.5. The first-order valence-corrected chi connectivity index (χ1v) is 13.0. The number of nitrogens with zero attached hydrogens (tertiary/aromatic N) is 2. The van der Waals surface area contributed by atoms with Crippen LogP contribution in [0.3, 0.4) is 0 Å². The molecular formula is C29H29BrN2O3. The summed E-state index contributed by atoms with van der Waals surface area (Å²) in [4.78, 5) is 0. The van der Waals surface area contributed by atoms with Crippen molar-refractivity contribution in [3.63, 3.8) is 0 Å². The van der Waals surface area contributed by atoms with Gasteiger partial charge in [-0.2, -0.15) is 5.10 Å². The maximum Gasteiger partial charge on any atom is 0.198 e. The molecule has 0 aromatic heterocycles. The molecule has 6 heteroatoms. The van der Waals surface area contributed by atoms with E-state index in [9.17, 15) is 0 Å². The highest BCUT2D eigenvalue weighted by Crippen LogP contribution is 2.53. The van der Waals surface area contributed by atoms with Gasteiger partial charge in [-0.15, -0.1) is 0 Å². The molecule has 35 heavy (non-hydrogen) atoms. The molecule has 0 radical (unpaired) electrons. The van der Waals surface area contributed by atoms with Gasteiger partial charge in [-0.1, -0.05) is 46.3 Å². The molecule has 180 valence electrons. The molecule has 1 fully saturated rings. The van der Waals surface area contributed by atoms with Gasteiger partial charge in [-0.25, -0.2) is 5.01 Å². The SMILES string of the molecule is COc1ccc(C2=NN3C(C2)c2cc(Br)ccc2OC32CCC(c3ccccc3)CC2)c(OC)c1. The predicted octanol–water partition coefficient (Wildman–Crippen LogP) is 7.06. The average molecular weight is 533 g/mol. The van der Waals surface area contributed by atoms with Crippen LogP contribution in [0, 0.1) is 0 Å². The van der Waals surface area contributed by atoms with Gasteiger partial charge in [-0.3, -0.25) is 0 Å². The highest BCUT2D eigenvalue weighted by atomic mass is 79.9. The fourth-order valence-electron chi connectivity index (χ4n) is 5.91. The number of hydrogen-bond acceptors (Lipinski definition) is 5. The van der Waals surface area contributed by atoms with Crippen molar-refractivity contribution >= 4 is 21.6 Å². The number of hydrazone groups is 1. The lowest BCUT2D eigenvalue weighted by molar-refractivity contribution is -0.142. The van der Waals surface area contributed by atoms with Crippen LogP contribution in [0.2, 0.25) is 0 Å². The van der Waals surface area contributed by atoms with Gasteiger partial charge < -0.3 is 14.2 Å². The zero-order valence-corrected chi connectivity index (χ0v) is 21.6. The Morgan fingerprint density at radius 2 is 1.77 bits per heavy atom. The molecule has 2 aliphatic heterocycles. The quantitative estimate of drug-likeness (QED) is 0.360. The third kappa shape index (κ3) is 3.88. The van der Waals surface area contributed by atoms with Gasteiger partial charge in [0, 0.05) is 40.9 Å². The summed E-state index contributed by atoms with van der Waals surface area (Å²) in [6.07, 6.45) is 4.84. The predicted molar refractivity (Wildman–Crippen MR) is 140 cm³/mol. The number of rotatable bonds is 4. The number of methoxy groups -OCH3 is 2. The third-order valence-electron chi connectivity index (χ3n) is 7.72. The van der Waals surface area contributed by atoms with Gasteiger partial charge in [0.25, 0.3) is 0 Å². The first-order valence-electron chi connectivity index (χ1n) is 12.2. The lowest BCUT2D eigenvalue weighted by Crippen LogP contribution is -2.55. The summed E-state index contributed by atoms with van der Waals surface area (Å²) < 4.78 is 19.0. The molecule has 1 unspecified atom stereocenters. The molecule has 0 N–H and O–H groups in total. The van der Waals surface area contributed by atoms with Crippen LogP contribution in [-0.4, -0.2) is 30.7 Å². The van der Waals surface area contributed by atoms with Crippen LogP contribution in [0.4, 0.5) is 0 Å². The second-order valence-electron chi connectivity index (χ2n) is 9.59. The van der Waals surface area contributed by atoms with Gasteiger partial charge in [0.15, 0.2) is 5.72 Å². The monoisotopic (exact) mass is 532 g/mol. The highest BCUT2D eigenvalue weighted by Gasteiger charge is 2.52. The minimum Gasteiger partial charge on any atom is -0.497 e. The summed E-state index contributed by atoms with van der Waals surface area (Å²) in [6.45, 7) is 0. The number of halogens is 1. The second kappa shape index (κ2) is 8.90. The molecule has 1 atom stereocenters. The molecule has 3 aromatic carbocycles. The average Bonchev–Trinajstić information content (AvgIpc) is 3.36. The number of fused-ring (bicyclic) bond motifs is 4. The zero-order chi connectivity index (χ0) is 24.0. The Kier molecular flexibility index (Phi) is 5.72. The Hall–Kier alpha value is -2.99. The standard InChI is InChI=1S/C29H29BrN2O3/c1-33-22-9-10-23(28(17-22)34-2)25-18-26-24-16-21(30)8-11-27(24)35-29(32(26)31-25)14-12-20(13-15-29)19-6-4-3-5-7-19/h3-11,16-17,20,26H,12-15,18H2,1-2H3. The minimum atomic E-state index is -0.432. The van der Waals surface area contributed by atoms with Crippen molar-refractivity contribution in [1.82, 2.24) is 5.01 Å². The van der Waals surface area contributed by atoms with E-state index >= 15 is 0 Å². The summed E-state index contributed by atoms with van der Waals surface area (Å²) in [5, 5.41) is 7.50. The van der Waals surface area contributed by atoms with Gasteiger partial charge in [0.1, 0.15) is 17.2 Å². The molecule has 1 saturated carbocycles. The number of hydrogen-bond donors (Lipinski definition) is 0. The van der Waals surface area contributed by atoms with Crippen LogP contribution < -0.4 is 14.2 Å². The Labute approximate surface area is 214 Å². The zero-order valence-electron chi connectivity index (χ0n) is 20.0. The topological polar surface area (TPSA) is 43.3 Å². The molecule has 2 heterocycles. The van der Waals surface area contributed by atoms with Gasteiger partial charge >= 0.3 is 0 Å². The van der Waals surface area contributed by atoms with Crippen LogP contribution in [0.5, 0.6) is 17.2 Å². The maximum atomic E-state index is 6.84. The largest absolute Gasteiger partial charge is 0.497 e. The summed E-state index contributed by atoms with van der Waals surface area (Å²) in [7, 11) is 3.37. The Bertz CT molecular complexity index is 1270. The number of ether oxygens (including phenoxy) is 3. The summed E-state index contributed by atoms with van der Waals surface area (Å²) in [5.41, 5.74) is 4.20. The molecule has 5 nitrogen and oxygen atoms in total. The van der Waals surface area contributed by atoms with Crippen molar-refractivity contribution in [2.24, 2.45) is 5.10 Å². The van der Waals surface area contributed by atoms with Crippen molar-refractivity contribution in [1.29, 1.82) is 0 Å². The third-order valence-corrected chi connectivity index (χ3v) is 8.21. The van der Waals surface area contributed by atoms with Crippen LogP contribution >= 0.6 is 15.9 Å². The normalized spacial score (nSPS) is 24.9. The van der Waals surface area contributed by atoms with E-state index < -0.39 is 5.72 Å². The summed E-state index contributed by atoms with van der Waals surface area (Å²) >= 11 is 3.66. The van der Waals surface area contributed by atoms with Gasteiger partial charge in [-0.05, 0) is 54.7 Å². The first-order chi connectivity index (χ1) is 17.1. The lowest BCUT2D eigenvalue weighted by atomic mass is 9.78. The van der Waals surface area contributed by atoms with Crippen LogP contribution in [0.1, 0.15) is 60.8 Å². The van der Waals surface area contributed by atoms with Gasteiger partial charge in [0.2, 0.25) is 0 Å². The summed E-state index contributed by atoms with van der Waals surface area (Å²) in [5.74, 6) is 3.09. The maximum absolute atomic E-state index is 6.84. The molecule has 0 bridgehead atoms. The van der Waals surface area contributed by atoms with Crippen molar-refractivity contribution in [2.45, 2.75) is 49.8 Å². The summed E-state index contributed by atoms with van der Waals surface area (Å²) in [6, 6.07) is 23.3. The van der Waals surface area contributed by atoms with E-state index in [4.69, 9.17) is 19.3 Å². The number of benzene rings is 3. The van der Waals surface area contributed by atoms with E-state index in [0.717, 1.165) is 65.1 Å². The molecule has 6 rings (SSSR count). The molecular weight excluding hydrogens is 504 g/mol. The van der Waals surface area contributed by atoms with E-state index in [-0.39, 0.29) is 6.04 Å². The minimum absolute atomic E-state index is 0.131. The van der Waals surface area contributed by atoms with Gasteiger partial charge in [0.05, 0.1) is 26.0 Å². The molecule has 1 spiro atoms. The van der Waals surface area contributed by atoms with E-state index in [0.29, 0.717) is 5.92 Å².